The van der Waals surface area contributed by atoms with Crippen molar-refractivity contribution < 1.29 is 9.90 Å². The maximum absolute atomic E-state index is 11.3. The highest BCUT2D eigenvalue weighted by Gasteiger charge is 2.36. The Morgan fingerprint density at radius 1 is 1.31 bits per heavy atom. The molecule has 1 N–H and O–H groups in total. The monoisotopic (exact) mass is 229 g/mol. The van der Waals surface area contributed by atoms with Crippen LogP contribution in [-0.4, -0.2) is 34.1 Å². The molecule has 0 rings (SSSR count). The molecule has 0 bridgehead atoms. The molecule has 0 saturated heterocycles. The maximum Gasteiger partial charge on any atom is 0.323 e. The van der Waals surface area contributed by atoms with Crippen LogP contribution in [0.1, 0.15) is 60.3 Å². The molecule has 1 atom stereocenters. The molecular weight excluding hydrogens is 202 g/mol. The van der Waals surface area contributed by atoms with E-state index < -0.39 is 11.5 Å². The van der Waals surface area contributed by atoms with Gasteiger partial charge in [-0.25, -0.2) is 0 Å². The van der Waals surface area contributed by atoms with E-state index in [2.05, 4.69) is 18.7 Å². The molecule has 1 unspecified atom stereocenters. The number of carboxylic acids is 1. The lowest BCUT2D eigenvalue weighted by Crippen LogP contribution is -2.54. The average molecular weight is 229 g/mol. The van der Waals surface area contributed by atoms with Crippen LogP contribution in [0.25, 0.3) is 0 Å². The van der Waals surface area contributed by atoms with Gasteiger partial charge >= 0.3 is 5.97 Å². The third-order valence-electron chi connectivity index (χ3n) is 3.39. The second-order valence-electron chi connectivity index (χ2n) is 4.85. The standard InChI is InChI=1S/C13H27NO2/c1-6-9-10-11(7-2)14(8-3)13(4,5)12(15)16/h11H,6-10H2,1-5H3,(H,15,16). The molecule has 3 heteroatoms. The van der Waals surface area contributed by atoms with Crippen LogP contribution >= 0.6 is 0 Å². The van der Waals surface area contributed by atoms with E-state index in [-0.39, 0.29) is 0 Å². The zero-order chi connectivity index (χ0) is 12.8. The molecule has 0 aromatic carbocycles. The van der Waals surface area contributed by atoms with E-state index in [9.17, 15) is 9.90 Å². The minimum absolute atomic E-state index is 0.385. The van der Waals surface area contributed by atoms with Crippen LogP contribution in [0, 0.1) is 0 Å². The molecule has 0 spiro atoms. The third kappa shape index (κ3) is 3.78. The lowest BCUT2D eigenvalue weighted by Gasteiger charge is -2.40. The smallest absolute Gasteiger partial charge is 0.323 e. The zero-order valence-corrected chi connectivity index (χ0v) is 11.4. The first-order valence-electron chi connectivity index (χ1n) is 6.41. The summed E-state index contributed by atoms with van der Waals surface area (Å²) in [7, 11) is 0. The highest BCUT2D eigenvalue weighted by molar-refractivity contribution is 5.77. The van der Waals surface area contributed by atoms with Crippen molar-refractivity contribution >= 4 is 5.97 Å². The summed E-state index contributed by atoms with van der Waals surface area (Å²) < 4.78 is 0. The first kappa shape index (κ1) is 15.4. The highest BCUT2D eigenvalue weighted by atomic mass is 16.4. The number of carboxylic acid groups (broad SMARTS) is 1. The van der Waals surface area contributed by atoms with E-state index in [0.717, 1.165) is 19.4 Å². The summed E-state index contributed by atoms with van der Waals surface area (Å²) >= 11 is 0. The lowest BCUT2D eigenvalue weighted by atomic mass is 9.96. The van der Waals surface area contributed by atoms with Crippen LogP contribution in [0.4, 0.5) is 0 Å². The Balaban J connectivity index is 4.72. The Morgan fingerprint density at radius 2 is 1.88 bits per heavy atom. The molecular formula is C13H27NO2. The van der Waals surface area contributed by atoms with E-state index in [1.807, 2.05) is 6.92 Å². The number of hydrogen-bond acceptors (Lipinski definition) is 2. The van der Waals surface area contributed by atoms with Crippen LogP contribution < -0.4 is 0 Å². The summed E-state index contributed by atoms with van der Waals surface area (Å²) in [5, 5.41) is 9.27. The van der Waals surface area contributed by atoms with Gasteiger partial charge < -0.3 is 5.11 Å². The van der Waals surface area contributed by atoms with Crippen molar-refractivity contribution in [3.05, 3.63) is 0 Å². The van der Waals surface area contributed by atoms with Crippen molar-refractivity contribution in [2.45, 2.75) is 71.9 Å². The van der Waals surface area contributed by atoms with Crippen molar-refractivity contribution in [3.8, 4) is 0 Å². The fraction of sp³-hybridized carbons (Fsp3) is 0.923. The van der Waals surface area contributed by atoms with Crippen LogP contribution in [0.15, 0.2) is 0 Å². The number of nitrogens with zero attached hydrogens (tertiary/aromatic N) is 1. The Labute approximate surface area is 99.8 Å². The predicted octanol–water partition coefficient (Wildman–Crippen LogP) is 3.14. The third-order valence-corrected chi connectivity index (χ3v) is 3.39. The van der Waals surface area contributed by atoms with Gasteiger partial charge in [-0.1, -0.05) is 33.6 Å². The van der Waals surface area contributed by atoms with Crippen LogP contribution in [-0.2, 0) is 4.79 Å². The lowest BCUT2D eigenvalue weighted by molar-refractivity contribution is -0.151. The Bertz CT molecular complexity index is 214. The molecule has 0 heterocycles. The zero-order valence-electron chi connectivity index (χ0n) is 11.4. The number of aliphatic carboxylic acids is 1. The first-order valence-corrected chi connectivity index (χ1v) is 6.41. The molecule has 3 nitrogen and oxygen atoms in total. The minimum Gasteiger partial charge on any atom is -0.480 e. The quantitative estimate of drug-likeness (QED) is 0.695. The second kappa shape index (κ2) is 6.89. The summed E-state index contributed by atoms with van der Waals surface area (Å²) in [5.74, 6) is -0.732. The van der Waals surface area contributed by atoms with Crippen LogP contribution in [0.5, 0.6) is 0 Å². The van der Waals surface area contributed by atoms with Gasteiger partial charge in [0.15, 0.2) is 0 Å². The highest BCUT2D eigenvalue weighted by Crippen LogP contribution is 2.23. The molecule has 0 fully saturated rings. The Hall–Kier alpha value is -0.570. The average Bonchev–Trinajstić information content (AvgIpc) is 2.23. The molecule has 96 valence electrons. The summed E-state index contributed by atoms with van der Waals surface area (Å²) in [6.45, 7) is 10.7. The van der Waals surface area contributed by atoms with Gasteiger partial charge in [-0.05, 0) is 33.2 Å². The van der Waals surface area contributed by atoms with Crippen LogP contribution in [0.2, 0.25) is 0 Å². The molecule has 0 aliphatic carbocycles. The molecule has 0 aliphatic heterocycles. The Morgan fingerprint density at radius 3 is 2.19 bits per heavy atom. The van der Waals surface area contributed by atoms with Gasteiger partial charge in [0.1, 0.15) is 5.54 Å². The minimum atomic E-state index is -0.761. The summed E-state index contributed by atoms with van der Waals surface area (Å²) in [5.41, 5.74) is -0.761. The number of rotatable bonds is 8. The molecule has 16 heavy (non-hydrogen) atoms. The molecule has 0 amide bonds. The fourth-order valence-corrected chi connectivity index (χ4v) is 2.25. The number of unbranched alkanes of at least 4 members (excludes halogenated alkanes) is 1. The Kier molecular flexibility index (Phi) is 6.65. The second-order valence-corrected chi connectivity index (χ2v) is 4.85. The van der Waals surface area contributed by atoms with Crippen molar-refractivity contribution in [1.29, 1.82) is 0 Å². The van der Waals surface area contributed by atoms with E-state index in [1.165, 1.54) is 12.8 Å². The maximum atomic E-state index is 11.3. The normalized spacial score (nSPS) is 14.1. The molecule has 0 radical (unpaired) electrons. The summed E-state index contributed by atoms with van der Waals surface area (Å²) in [6.07, 6.45) is 4.45. The van der Waals surface area contributed by atoms with Crippen molar-refractivity contribution in [3.63, 3.8) is 0 Å². The predicted molar refractivity (Wildman–Crippen MR) is 67.7 cm³/mol. The van der Waals surface area contributed by atoms with Gasteiger partial charge in [0, 0.05) is 6.04 Å². The van der Waals surface area contributed by atoms with Gasteiger partial charge in [-0.2, -0.15) is 0 Å². The van der Waals surface area contributed by atoms with Gasteiger partial charge in [-0.15, -0.1) is 0 Å². The van der Waals surface area contributed by atoms with Crippen LogP contribution in [0.3, 0.4) is 0 Å². The van der Waals surface area contributed by atoms with E-state index in [4.69, 9.17) is 0 Å². The first-order chi connectivity index (χ1) is 7.41. The largest absolute Gasteiger partial charge is 0.480 e. The van der Waals surface area contributed by atoms with Gasteiger partial charge in [0.2, 0.25) is 0 Å². The number of hydrogen-bond donors (Lipinski definition) is 1. The van der Waals surface area contributed by atoms with Crippen molar-refractivity contribution in [1.82, 2.24) is 4.90 Å². The summed E-state index contributed by atoms with van der Waals surface area (Å²) in [6, 6.07) is 0.385. The van der Waals surface area contributed by atoms with Crippen molar-refractivity contribution in [2.75, 3.05) is 6.54 Å². The van der Waals surface area contributed by atoms with E-state index in [1.54, 1.807) is 13.8 Å². The van der Waals surface area contributed by atoms with E-state index >= 15 is 0 Å². The molecule has 0 saturated carbocycles. The van der Waals surface area contributed by atoms with Crippen molar-refractivity contribution in [2.24, 2.45) is 0 Å². The number of carbonyl (C=O) groups is 1. The fourth-order valence-electron chi connectivity index (χ4n) is 2.25. The topological polar surface area (TPSA) is 40.5 Å². The van der Waals surface area contributed by atoms with Gasteiger partial charge in [-0.3, -0.25) is 9.69 Å². The SMILES string of the molecule is CCCCC(CC)N(CC)C(C)(C)C(=O)O. The van der Waals surface area contributed by atoms with Gasteiger partial charge in [0.25, 0.3) is 0 Å². The number of likely N-dealkylation sites (N-methyl/N-ethyl adjacent to an activating group) is 1. The molecule has 0 aromatic rings. The summed E-state index contributed by atoms with van der Waals surface area (Å²) in [4.78, 5) is 13.4. The molecule has 0 aromatic heterocycles. The molecule has 0 aliphatic rings. The van der Waals surface area contributed by atoms with Gasteiger partial charge in [0.05, 0.1) is 0 Å². The van der Waals surface area contributed by atoms with E-state index in [0.29, 0.717) is 6.04 Å².